The standard InChI is InChI=1S/C30H36N2O7/c1-6-16-38-21-13-12-19(17-23(21)37-7-2)26-25(28(34)30(35)32(26)15-9-14-31(3)4)27(33)24-18-20-10-8-11-22(36-5)29(20)39-24/h8,10-13,17-18,26,34H,6-7,9,14-16H2,1-5H3. The summed E-state index contributed by atoms with van der Waals surface area (Å²) in [5.74, 6) is -0.155. The van der Waals surface area contributed by atoms with Gasteiger partial charge in [0.1, 0.15) is 0 Å². The van der Waals surface area contributed by atoms with E-state index in [0.717, 1.165) is 13.0 Å². The Morgan fingerprint density at radius 2 is 1.87 bits per heavy atom. The highest BCUT2D eigenvalue weighted by molar-refractivity contribution is 6.16. The van der Waals surface area contributed by atoms with Crippen molar-refractivity contribution < 1.29 is 33.3 Å². The second-order valence-corrected chi connectivity index (χ2v) is 9.63. The van der Waals surface area contributed by atoms with E-state index < -0.39 is 23.5 Å². The Balaban J connectivity index is 1.79. The normalized spacial score (nSPS) is 15.5. The molecule has 0 saturated carbocycles. The number of methoxy groups -OCH3 is 1. The second-order valence-electron chi connectivity index (χ2n) is 9.63. The SMILES string of the molecule is CCCOc1ccc(C2C(C(=O)c3cc4cccc(OC)c4o3)=C(O)C(=O)N2CCCN(C)C)cc1OCC. The lowest BCUT2D eigenvalue weighted by molar-refractivity contribution is -0.129. The molecule has 1 unspecified atom stereocenters. The predicted octanol–water partition coefficient (Wildman–Crippen LogP) is 5.16. The largest absolute Gasteiger partial charge is 0.503 e. The van der Waals surface area contributed by atoms with Gasteiger partial charge in [0.05, 0.1) is 31.9 Å². The zero-order valence-corrected chi connectivity index (χ0v) is 23.2. The molecule has 0 saturated heterocycles. The van der Waals surface area contributed by atoms with Crippen LogP contribution in [0.3, 0.4) is 0 Å². The van der Waals surface area contributed by atoms with Gasteiger partial charge in [0.2, 0.25) is 5.78 Å². The number of rotatable bonds is 13. The van der Waals surface area contributed by atoms with E-state index in [1.165, 1.54) is 12.0 Å². The summed E-state index contributed by atoms with van der Waals surface area (Å²) in [5.41, 5.74) is 1.01. The number of Topliss-reactive ketones (excluding diaryl/α,β-unsaturated/α-hetero) is 1. The van der Waals surface area contributed by atoms with Crippen molar-refractivity contribution in [3.8, 4) is 17.2 Å². The summed E-state index contributed by atoms with van der Waals surface area (Å²) in [7, 11) is 5.43. The van der Waals surface area contributed by atoms with E-state index in [-0.39, 0.29) is 11.3 Å². The number of ketones is 1. The minimum absolute atomic E-state index is 0.0110. The molecule has 0 bridgehead atoms. The molecule has 0 spiro atoms. The van der Waals surface area contributed by atoms with Gasteiger partial charge in [-0.15, -0.1) is 0 Å². The molecular formula is C30H36N2O7. The first kappa shape index (κ1) is 28.0. The highest BCUT2D eigenvalue weighted by Crippen LogP contribution is 2.42. The predicted molar refractivity (Wildman–Crippen MR) is 148 cm³/mol. The summed E-state index contributed by atoms with van der Waals surface area (Å²) in [6.07, 6.45) is 1.49. The topological polar surface area (TPSA) is 102 Å². The Bertz CT molecular complexity index is 1370. The van der Waals surface area contributed by atoms with E-state index in [0.29, 0.717) is 60.0 Å². The van der Waals surface area contributed by atoms with Crippen molar-refractivity contribution in [1.29, 1.82) is 0 Å². The van der Waals surface area contributed by atoms with Crippen LogP contribution in [0.5, 0.6) is 17.2 Å². The number of carbonyl (C=O) groups is 2. The average molecular weight is 537 g/mol. The molecule has 1 N–H and O–H groups in total. The molecule has 1 aliphatic heterocycles. The number of hydrogen-bond donors (Lipinski definition) is 1. The van der Waals surface area contributed by atoms with E-state index >= 15 is 0 Å². The van der Waals surface area contributed by atoms with Crippen molar-refractivity contribution in [2.75, 3.05) is 47.5 Å². The molecule has 4 rings (SSSR count). The molecule has 1 aliphatic rings. The van der Waals surface area contributed by atoms with Gasteiger partial charge in [0.25, 0.3) is 5.91 Å². The second kappa shape index (κ2) is 12.3. The van der Waals surface area contributed by atoms with Crippen LogP contribution in [0.2, 0.25) is 0 Å². The highest BCUT2D eigenvalue weighted by atomic mass is 16.5. The highest BCUT2D eigenvalue weighted by Gasteiger charge is 2.44. The molecule has 1 amide bonds. The molecular weight excluding hydrogens is 500 g/mol. The summed E-state index contributed by atoms with van der Waals surface area (Å²) in [6.45, 7) is 5.91. The van der Waals surface area contributed by atoms with Gasteiger partial charge < -0.3 is 33.5 Å². The van der Waals surface area contributed by atoms with Gasteiger partial charge in [-0.3, -0.25) is 9.59 Å². The van der Waals surface area contributed by atoms with Crippen molar-refractivity contribution in [2.24, 2.45) is 0 Å². The van der Waals surface area contributed by atoms with Gasteiger partial charge in [-0.2, -0.15) is 0 Å². The third-order valence-corrected chi connectivity index (χ3v) is 6.55. The molecule has 0 fully saturated rings. The molecule has 208 valence electrons. The Hall–Kier alpha value is -3.98. The average Bonchev–Trinajstić information content (AvgIpc) is 3.47. The number of amides is 1. The van der Waals surface area contributed by atoms with Gasteiger partial charge in [0.15, 0.2) is 34.4 Å². The lowest BCUT2D eigenvalue weighted by Crippen LogP contribution is -2.33. The Morgan fingerprint density at radius 3 is 2.56 bits per heavy atom. The summed E-state index contributed by atoms with van der Waals surface area (Å²) in [5, 5.41) is 11.7. The molecule has 9 heteroatoms. The van der Waals surface area contributed by atoms with Crippen LogP contribution in [0.1, 0.15) is 48.8 Å². The number of aliphatic hydroxyl groups excluding tert-OH is 1. The van der Waals surface area contributed by atoms with Crippen LogP contribution in [0.4, 0.5) is 0 Å². The Labute approximate surface area is 228 Å². The Morgan fingerprint density at radius 1 is 1.08 bits per heavy atom. The molecule has 2 heterocycles. The van der Waals surface area contributed by atoms with Crippen LogP contribution in [-0.2, 0) is 4.79 Å². The van der Waals surface area contributed by atoms with Gasteiger partial charge in [-0.1, -0.05) is 25.1 Å². The van der Waals surface area contributed by atoms with Gasteiger partial charge in [-0.25, -0.2) is 0 Å². The fourth-order valence-corrected chi connectivity index (χ4v) is 4.76. The maximum atomic E-state index is 13.9. The minimum Gasteiger partial charge on any atom is -0.503 e. The number of para-hydroxylation sites is 1. The number of hydrogen-bond acceptors (Lipinski definition) is 8. The van der Waals surface area contributed by atoms with E-state index in [1.54, 1.807) is 42.5 Å². The lowest BCUT2D eigenvalue weighted by Gasteiger charge is -2.28. The van der Waals surface area contributed by atoms with Crippen LogP contribution < -0.4 is 14.2 Å². The number of furan rings is 1. The van der Waals surface area contributed by atoms with E-state index in [9.17, 15) is 14.7 Å². The lowest BCUT2D eigenvalue weighted by atomic mass is 9.94. The fraction of sp³-hybridized carbons (Fsp3) is 0.400. The third-order valence-electron chi connectivity index (χ3n) is 6.55. The molecule has 0 aliphatic carbocycles. The summed E-state index contributed by atoms with van der Waals surface area (Å²) >= 11 is 0. The zero-order valence-electron chi connectivity index (χ0n) is 23.2. The summed E-state index contributed by atoms with van der Waals surface area (Å²) in [4.78, 5) is 30.8. The van der Waals surface area contributed by atoms with Crippen molar-refractivity contribution >= 4 is 22.7 Å². The fourth-order valence-electron chi connectivity index (χ4n) is 4.76. The molecule has 9 nitrogen and oxygen atoms in total. The van der Waals surface area contributed by atoms with Gasteiger partial charge in [-0.05, 0) is 70.2 Å². The van der Waals surface area contributed by atoms with Gasteiger partial charge >= 0.3 is 0 Å². The van der Waals surface area contributed by atoms with Crippen molar-refractivity contribution in [3.63, 3.8) is 0 Å². The minimum atomic E-state index is -0.832. The molecule has 3 aromatic rings. The number of aliphatic hydroxyl groups is 1. The molecule has 2 aromatic carbocycles. The van der Waals surface area contributed by atoms with E-state index in [2.05, 4.69) is 0 Å². The summed E-state index contributed by atoms with van der Waals surface area (Å²) in [6, 6.07) is 11.5. The summed E-state index contributed by atoms with van der Waals surface area (Å²) < 4.78 is 23.0. The number of fused-ring (bicyclic) bond motifs is 1. The van der Waals surface area contributed by atoms with E-state index in [4.69, 9.17) is 18.6 Å². The Kier molecular flexibility index (Phi) is 8.81. The molecule has 39 heavy (non-hydrogen) atoms. The van der Waals surface area contributed by atoms with Crippen LogP contribution in [0.15, 0.2) is 58.2 Å². The first-order chi connectivity index (χ1) is 18.8. The van der Waals surface area contributed by atoms with Crippen molar-refractivity contribution in [1.82, 2.24) is 9.80 Å². The van der Waals surface area contributed by atoms with E-state index in [1.807, 2.05) is 32.8 Å². The maximum absolute atomic E-state index is 13.9. The third kappa shape index (κ3) is 5.73. The quantitative estimate of drug-likeness (QED) is 0.299. The first-order valence-electron chi connectivity index (χ1n) is 13.2. The molecule has 1 atom stereocenters. The maximum Gasteiger partial charge on any atom is 0.290 e. The van der Waals surface area contributed by atoms with Crippen molar-refractivity contribution in [3.05, 3.63) is 65.1 Å². The van der Waals surface area contributed by atoms with Crippen LogP contribution in [-0.4, -0.2) is 74.1 Å². The van der Waals surface area contributed by atoms with Crippen LogP contribution >= 0.6 is 0 Å². The van der Waals surface area contributed by atoms with Gasteiger partial charge in [0, 0.05) is 11.9 Å². The first-order valence-corrected chi connectivity index (χ1v) is 13.2. The number of ether oxygens (including phenoxy) is 3. The van der Waals surface area contributed by atoms with Crippen LogP contribution in [0.25, 0.3) is 11.0 Å². The van der Waals surface area contributed by atoms with Crippen molar-refractivity contribution in [2.45, 2.75) is 32.7 Å². The smallest absolute Gasteiger partial charge is 0.290 e. The van der Waals surface area contributed by atoms with Crippen LogP contribution in [0, 0.1) is 0 Å². The number of nitrogens with zero attached hydrogens (tertiary/aromatic N) is 2. The zero-order chi connectivity index (χ0) is 28.1. The number of benzene rings is 2. The molecule has 0 radical (unpaired) electrons. The number of carbonyl (C=O) groups excluding carboxylic acids is 2. The monoisotopic (exact) mass is 536 g/mol. The molecule has 1 aromatic heterocycles.